The largest absolute Gasteiger partial charge is 0.497 e. The summed E-state index contributed by atoms with van der Waals surface area (Å²) in [6.45, 7) is 1.01. The molecule has 0 saturated carbocycles. The zero-order chi connectivity index (χ0) is 11.1. The summed E-state index contributed by atoms with van der Waals surface area (Å²) in [6, 6.07) is 7.27. The smallest absolute Gasteiger partial charge is 0.118 e. The lowest BCUT2D eigenvalue weighted by Crippen LogP contribution is -2.24. The van der Waals surface area contributed by atoms with Gasteiger partial charge in [0.1, 0.15) is 5.75 Å². The van der Waals surface area contributed by atoms with Gasteiger partial charge in [0.25, 0.3) is 0 Å². The molecule has 4 nitrogen and oxygen atoms in total. The molecule has 0 fully saturated rings. The molecule has 0 aliphatic carbocycles. The fourth-order valence-electron chi connectivity index (χ4n) is 1.26. The van der Waals surface area contributed by atoms with Crippen molar-refractivity contribution in [3.63, 3.8) is 0 Å². The summed E-state index contributed by atoms with van der Waals surface area (Å²) >= 11 is 0. The standard InChI is InChI=1S/C11H17NO3/c1-15-10-4-2-9(3-5-10)11(14)8-12-6-7-13/h2-5,11-14H,6-8H2,1H3. The summed E-state index contributed by atoms with van der Waals surface area (Å²) in [6.07, 6.45) is -0.553. The highest BCUT2D eigenvalue weighted by molar-refractivity contribution is 5.28. The predicted molar refractivity (Wildman–Crippen MR) is 57.9 cm³/mol. The SMILES string of the molecule is COc1ccc(C(O)CNCCO)cc1. The number of benzene rings is 1. The minimum atomic E-state index is -0.553. The zero-order valence-electron chi connectivity index (χ0n) is 8.81. The Balaban J connectivity index is 2.46. The maximum atomic E-state index is 9.73. The van der Waals surface area contributed by atoms with E-state index in [1.807, 2.05) is 24.3 Å². The van der Waals surface area contributed by atoms with Crippen LogP contribution in [0.3, 0.4) is 0 Å². The second kappa shape index (κ2) is 6.40. The number of hydrogen-bond donors (Lipinski definition) is 3. The Morgan fingerprint density at radius 3 is 2.53 bits per heavy atom. The lowest BCUT2D eigenvalue weighted by atomic mass is 10.1. The van der Waals surface area contributed by atoms with E-state index in [4.69, 9.17) is 9.84 Å². The number of ether oxygens (including phenoxy) is 1. The third-order valence-corrected chi connectivity index (χ3v) is 2.13. The van der Waals surface area contributed by atoms with Crippen molar-refractivity contribution in [2.45, 2.75) is 6.10 Å². The summed E-state index contributed by atoms with van der Waals surface area (Å²) in [4.78, 5) is 0. The van der Waals surface area contributed by atoms with Gasteiger partial charge < -0.3 is 20.3 Å². The van der Waals surface area contributed by atoms with E-state index in [0.717, 1.165) is 11.3 Å². The second-order valence-electron chi connectivity index (χ2n) is 3.22. The monoisotopic (exact) mass is 211 g/mol. The van der Waals surface area contributed by atoms with Gasteiger partial charge in [-0.2, -0.15) is 0 Å². The van der Waals surface area contributed by atoms with Crippen molar-refractivity contribution in [2.24, 2.45) is 0 Å². The third kappa shape index (κ3) is 3.87. The molecule has 15 heavy (non-hydrogen) atoms. The molecular weight excluding hydrogens is 194 g/mol. The van der Waals surface area contributed by atoms with Crippen LogP contribution < -0.4 is 10.1 Å². The van der Waals surface area contributed by atoms with Gasteiger partial charge in [-0.1, -0.05) is 12.1 Å². The Hall–Kier alpha value is -1.10. The molecule has 3 N–H and O–H groups in total. The second-order valence-corrected chi connectivity index (χ2v) is 3.22. The van der Waals surface area contributed by atoms with Crippen LogP contribution in [0.2, 0.25) is 0 Å². The minimum absolute atomic E-state index is 0.0787. The minimum Gasteiger partial charge on any atom is -0.497 e. The van der Waals surface area contributed by atoms with Crippen LogP contribution in [0.4, 0.5) is 0 Å². The maximum absolute atomic E-state index is 9.73. The van der Waals surface area contributed by atoms with Crippen molar-refractivity contribution in [3.05, 3.63) is 29.8 Å². The lowest BCUT2D eigenvalue weighted by molar-refractivity contribution is 0.171. The van der Waals surface area contributed by atoms with E-state index >= 15 is 0 Å². The van der Waals surface area contributed by atoms with Crippen LogP contribution in [0.1, 0.15) is 11.7 Å². The Kier molecular flexibility index (Phi) is 5.10. The van der Waals surface area contributed by atoms with Gasteiger partial charge in [-0.3, -0.25) is 0 Å². The molecule has 1 atom stereocenters. The molecule has 0 bridgehead atoms. The summed E-state index contributed by atoms with van der Waals surface area (Å²) in [5.41, 5.74) is 0.834. The number of hydrogen-bond acceptors (Lipinski definition) is 4. The summed E-state index contributed by atoms with van der Waals surface area (Å²) in [5, 5.41) is 21.2. The van der Waals surface area contributed by atoms with Gasteiger partial charge in [-0.25, -0.2) is 0 Å². The normalized spacial score (nSPS) is 12.5. The van der Waals surface area contributed by atoms with Crippen LogP contribution >= 0.6 is 0 Å². The van der Waals surface area contributed by atoms with Crippen LogP contribution in [0.15, 0.2) is 24.3 Å². The molecule has 1 aromatic carbocycles. The van der Waals surface area contributed by atoms with Crippen LogP contribution in [-0.4, -0.2) is 37.0 Å². The number of aliphatic hydroxyl groups is 2. The Morgan fingerprint density at radius 2 is 2.00 bits per heavy atom. The number of nitrogens with one attached hydrogen (secondary N) is 1. The van der Waals surface area contributed by atoms with Gasteiger partial charge in [0.15, 0.2) is 0 Å². The lowest BCUT2D eigenvalue weighted by Gasteiger charge is -2.11. The van der Waals surface area contributed by atoms with Crippen molar-refractivity contribution in [1.82, 2.24) is 5.32 Å². The van der Waals surface area contributed by atoms with Gasteiger partial charge >= 0.3 is 0 Å². The van der Waals surface area contributed by atoms with Crippen LogP contribution in [0, 0.1) is 0 Å². The molecule has 0 aromatic heterocycles. The topological polar surface area (TPSA) is 61.7 Å². The molecule has 1 unspecified atom stereocenters. The Morgan fingerprint density at radius 1 is 1.33 bits per heavy atom. The third-order valence-electron chi connectivity index (χ3n) is 2.13. The summed E-state index contributed by atoms with van der Waals surface area (Å²) < 4.78 is 5.02. The molecule has 0 amide bonds. The van der Waals surface area contributed by atoms with E-state index < -0.39 is 6.10 Å². The van der Waals surface area contributed by atoms with Crippen molar-refractivity contribution in [2.75, 3.05) is 26.8 Å². The molecule has 1 rings (SSSR count). The first-order valence-electron chi connectivity index (χ1n) is 4.91. The first kappa shape index (κ1) is 12.0. The number of rotatable bonds is 6. The fraction of sp³-hybridized carbons (Fsp3) is 0.455. The molecule has 84 valence electrons. The van der Waals surface area contributed by atoms with Crippen molar-refractivity contribution >= 4 is 0 Å². The quantitative estimate of drug-likeness (QED) is 0.593. The fourth-order valence-corrected chi connectivity index (χ4v) is 1.26. The van der Waals surface area contributed by atoms with Gasteiger partial charge in [-0.05, 0) is 17.7 Å². The van der Waals surface area contributed by atoms with E-state index in [9.17, 15) is 5.11 Å². The molecule has 0 aliphatic heterocycles. The highest BCUT2D eigenvalue weighted by Gasteiger charge is 2.06. The Bertz CT molecular complexity index is 274. The predicted octanol–water partition coefficient (Wildman–Crippen LogP) is 0.310. The van der Waals surface area contributed by atoms with E-state index in [1.54, 1.807) is 7.11 Å². The van der Waals surface area contributed by atoms with E-state index in [1.165, 1.54) is 0 Å². The number of aliphatic hydroxyl groups excluding tert-OH is 2. The Labute approximate surface area is 89.5 Å². The molecule has 0 spiro atoms. The van der Waals surface area contributed by atoms with Gasteiger partial charge in [0.2, 0.25) is 0 Å². The highest BCUT2D eigenvalue weighted by Crippen LogP contribution is 2.16. The zero-order valence-corrected chi connectivity index (χ0v) is 8.81. The van der Waals surface area contributed by atoms with Crippen molar-refractivity contribution in [3.8, 4) is 5.75 Å². The van der Waals surface area contributed by atoms with E-state index in [2.05, 4.69) is 5.32 Å². The maximum Gasteiger partial charge on any atom is 0.118 e. The van der Waals surface area contributed by atoms with Crippen LogP contribution in [0.25, 0.3) is 0 Å². The average Bonchev–Trinajstić information content (AvgIpc) is 2.29. The van der Waals surface area contributed by atoms with E-state index in [-0.39, 0.29) is 6.61 Å². The molecule has 0 radical (unpaired) electrons. The first-order valence-corrected chi connectivity index (χ1v) is 4.91. The molecule has 0 saturated heterocycles. The molecule has 0 aliphatic rings. The van der Waals surface area contributed by atoms with E-state index in [0.29, 0.717) is 13.1 Å². The van der Waals surface area contributed by atoms with Gasteiger partial charge in [-0.15, -0.1) is 0 Å². The molecular formula is C11H17NO3. The molecule has 0 heterocycles. The summed E-state index contributed by atoms with van der Waals surface area (Å²) in [5.74, 6) is 0.772. The van der Waals surface area contributed by atoms with Crippen LogP contribution in [0.5, 0.6) is 5.75 Å². The molecule has 1 aromatic rings. The van der Waals surface area contributed by atoms with Gasteiger partial charge in [0.05, 0.1) is 19.8 Å². The highest BCUT2D eigenvalue weighted by atomic mass is 16.5. The van der Waals surface area contributed by atoms with Crippen molar-refractivity contribution in [1.29, 1.82) is 0 Å². The molecule has 4 heteroatoms. The average molecular weight is 211 g/mol. The van der Waals surface area contributed by atoms with Crippen LogP contribution in [-0.2, 0) is 0 Å². The first-order chi connectivity index (χ1) is 7.27. The number of methoxy groups -OCH3 is 1. The summed E-state index contributed by atoms with van der Waals surface area (Å²) in [7, 11) is 1.61. The van der Waals surface area contributed by atoms with Crippen molar-refractivity contribution < 1.29 is 14.9 Å². The van der Waals surface area contributed by atoms with Gasteiger partial charge in [0, 0.05) is 13.1 Å².